The van der Waals surface area contributed by atoms with Gasteiger partial charge in [0.1, 0.15) is 11.5 Å². The van der Waals surface area contributed by atoms with E-state index in [9.17, 15) is 10.1 Å². The Kier molecular flexibility index (Phi) is 5.11. The van der Waals surface area contributed by atoms with E-state index in [4.69, 9.17) is 15.7 Å². The zero-order chi connectivity index (χ0) is 21.1. The number of anilines is 1. The summed E-state index contributed by atoms with van der Waals surface area (Å²) >= 11 is 1.34. The Morgan fingerprint density at radius 1 is 1.00 bits per heavy atom. The first-order valence-electron chi connectivity index (χ1n) is 8.82. The number of hydrogen-bond acceptors (Lipinski definition) is 7. The Morgan fingerprint density at radius 2 is 1.70 bits per heavy atom. The summed E-state index contributed by atoms with van der Waals surface area (Å²) in [7, 11) is 0. The van der Waals surface area contributed by atoms with Crippen molar-refractivity contribution in [1.82, 2.24) is 4.98 Å². The van der Waals surface area contributed by atoms with Gasteiger partial charge in [-0.05, 0) is 53.6 Å². The smallest absolute Gasteiger partial charge is 0.269 e. The molecule has 0 atom stereocenters. The number of thiazole rings is 1. The topological polar surface area (TPSA) is 115 Å². The fourth-order valence-electron chi connectivity index (χ4n) is 2.96. The number of nitriles is 1. The van der Waals surface area contributed by atoms with Gasteiger partial charge in [-0.25, -0.2) is 4.98 Å². The van der Waals surface area contributed by atoms with Crippen LogP contribution in [0.1, 0.15) is 5.56 Å². The van der Waals surface area contributed by atoms with E-state index >= 15 is 0 Å². The number of non-ortho nitro benzene ring substituents is 1. The first kappa shape index (κ1) is 19.1. The Labute approximate surface area is 175 Å². The van der Waals surface area contributed by atoms with Crippen molar-refractivity contribution in [3.63, 3.8) is 0 Å². The molecule has 0 amide bonds. The number of nitrogens with zero attached hydrogens (tertiary/aromatic N) is 3. The van der Waals surface area contributed by atoms with Crippen LogP contribution in [0.2, 0.25) is 0 Å². The van der Waals surface area contributed by atoms with Gasteiger partial charge in [0.25, 0.3) is 5.69 Å². The predicted molar refractivity (Wildman–Crippen MR) is 115 cm³/mol. The maximum atomic E-state index is 10.8. The van der Waals surface area contributed by atoms with Crippen molar-refractivity contribution in [3.8, 4) is 40.0 Å². The fourth-order valence-corrected chi connectivity index (χ4v) is 3.52. The molecule has 7 nitrogen and oxygen atoms in total. The van der Waals surface area contributed by atoms with Crippen molar-refractivity contribution in [1.29, 1.82) is 5.26 Å². The van der Waals surface area contributed by atoms with E-state index in [2.05, 4.69) is 11.1 Å². The molecule has 0 aliphatic carbocycles. The molecule has 0 unspecified atom stereocenters. The van der Waals surface area contributed by atoms with Crippen LogP contribution in [0.5, 0.6) is 11.5 Å². The Bertz CT molecular complexity index is 1260. The number of benzene rings is 3. The standard InChI is InChI=1S/C22H14N4O3S/c23-12-14-1-3-15(4-2-14)19-10-9-18(11-20(19)21-13-30-22(24)25-21)29-17-7-5-16(6-8-17)26(27)28/h1-11,13H,(H2,24,25). The average Bonchev–Trinajstić information content (AvgIpc) is 3.20. The zero-order valence-corrected chi connectivity index (χ0v) is 16.3. The van der Waals surface area contributed by atoms with E-state index in [1.807, 2.05) is 35.7 Å². The van der Waals surface area contributed by atoms with E-state index in [0.717, 1.165) is 16.7 Å². The Hall–Kier alpha value is -4.22. The van der Waals surface area contributed by atoms with Crippen LogP contribution in [0.25, 0.3) is 22.4 Å². The van der Waals surface area contributed by atoms with Crippen LogP contribution in [-0.4, -0.2) is 9.91 Å². The van der Waals surface area contributed by atoms with Gasteiger partial charge in [0.15, 0.2) is 5.13 Å². The SMILES string of the molecule is N#Cc1ccc(-c2ccc(Oc3ccc([N+](=O)[O-])cc3)cc2-c2csc(N)n2)cc1. The molecular formula is C22H14N4O3S. The van der Waals surface area contributed by atoms with Gasteiger partial charge in [-0.15, -0.1) is 11.3 Å². The van der Waals surface area contributed by atoms with Crippen molar-refractivity contribution in [2.45, 2.75) is 0 Å². The molecule has 146 valence electrons. The third kappa shape index (κ3) is 3.97. The molecule has 0 radical (unpaired) electrons. The summed E-state index contributed by atoms with van der Waals surface area (Å²) in [6.07, 6.45) is 0. The van der Waals surface area contributed by atoms with Gasteiger partial charge in [-0.2, -0.15) is 5.26 Å². The third-order valence-electron chi connectivity index (χ3n) is 4.40. The normalized spacial score (nSPS) is 10.4. The van der Waals surface area contributed by atoms with E-state index in [-0.39, 0.29) is 5.69 Å². The lowest BCUT2D eigenvalue weighted by atomic mass is 9.97. The zero-order valence-electron chi connectivity index (χ0n) is 15.5. The molecule has 0 saturated carbocycles. The number of nitrogen functional groups attached to an aromatic ring is 1. The number of rotatable bonds is 5. The second-order valence-electron chi connectivity index (χ2n) is 6.32. The molecule has 4 aromatic rings. The highest BCUT2D eigenvalue weighted by Crippen LogP contribution is 2.37. The van der Waals surface area contributed by atoms with Crippen molar-refractivity contribution < 1.29 is 9.66 Å². The number of nitro benzene ring substituents is 1. The molecule has 0 bridgehead atoms. The molecule has 4 rings (SSSR count). The lowest BCUT2D eigenvalue weighted by Crippen LogP contribution is -1.91. The second-order valence-corrected chi connectivity index (χ2v) is 7.21. The van der Waals surface area contributed by atoms with Crippen molar-refractivity contribution in [2.24, 2.45) is 0 Å². The van der Waals surface area contributed by atoms with Gasteiger partial charge in [0.05, 0.1) is 22.2 Å². The van der Waals surface area contributed by atoms with Crippen molar-refractivity contribution >= 4 is 22.2 Å². The third-order valence-corrected chi connectivity index (χ3v) is 5.07. The molecule has 0 saturated heterocycles. The van der Waals surface area contributed by atoms with Crippen LogP contribution in [0, 0.1) is 21.4 Å². The van der Waals surface area contributed by atoms with Crippen molar-refractivity contribution in [3.05, 3.63) is 87.8 Å². The van der Waals surface area contributed by atoms with Gasteiger partial charge in [-0.3, -0.25) is 10.1 Å². The van der Waals surface area contributed by atoms with E-state index < -0.39 is 4.92 Å². The lowest BCUT2D eigenvalue weighted by molar-refractivity contribution is -0.384. The summed E-state index contributed by atoms with van der Waals surface area (Å²) < 4.78 is 5.89. The monoisotopic (exact) mass is 414 g/mol. The highest BCUT2D eigenvalue weighted by Gasteiger charge is 2.13. The van der Waals surface area contributed by atoms with E-state index in [1.165, 1.54) is 23.5 Å². The number of nitro groups is 1. The number of nitrogens with two attached hydrogens (primary N) is 1. The van der Waals surface area contributed by atoms with Gasteiger partial charge in [-0.1, -0.05) is 12.1 Å². The van der Waals surface area contributed by atoms with Crippen molar-refractivity contribution in [2.75, 3.05) is 5.73 Å². The van der Waals surface area contributed by atoms with Gasteiger partial charge in [0, 0.05) is 23.1 Å². The fraction of sp³-hybridized carbons (Fsp3) is 0. The van der Waals surface area contributed by atoms with Crippen LogP contribution in [0.3, 0.4) is 0 Å². The van der Waals surface area contributed by atoms with E-state index in [0.29, 0.717) is 27.9 Å². The van der Waals surface area contributed by atoms with Crippen LogP contribution >= 0.6 is 11.3 Å². The molecule has 1 heterocycles. The predicted octanol–water partition coefficient (Wildman–Crippen LogP) is 5.63. The maximum absolute atomic E-state index is 10.8. The summed E-state index contributed by atoms with van der Waals surface area (Å²) in [6, 6.07) is 20.8. The molecule has 3 aromatic carbocycles. The molecule has 0 spiro atoms. The van der Waals surface area contributed by atoms with Gasteiger partial charge < -0.3 is 10.5 Å². The molecule has 0 fully saturated rings. The second kappa shape index (κ2) is 8.03. The largest absolute Gasteiger partial charge is 0.457 e. The van der Waals surface area contributed by atoms with Crippen LogP contribution in [-0.2, 0) is 0 Å². The number of hydrogen-bond donors (Lipinski definition) is 1. The van der Waals surface area contributed by atoms with Crippen LogP contribution < -0.4 is 10.5 Å². The first-order valence-corrected chi connectivity index (χ1v) is 9.70. The highest BCUT2D eigenvalue weighted by atomic mass is 32.1. The quantitative estimate of drug-likeness (QED) is 0.334. The molecule has 1 aromatic heterocycles. The molecule has 0 aliphatic heterocycles. The van der Waals surface area contributed by atoms with Crippen LogP contribution in [0.15, 0.2) is 72.1 Å². The summed E-state index contributed by atoms with van der Waals surface area (Å²) in [5.74, 6) is 1.04. The first-order chi connectivity index (χ1) is 14.5. The summed E-state index contributed by atoms with van der Waals surface area (Å²) in [4.78, 5) is 14.8. The summed E-state index contributed by atoms with van der Waals surface area (Å²) in [6.45, 7) is 0. The minimum Gasteiger partial charge on any atom is -0.457 e. The van der Waals surface area contributed by atoms with E-state index in [1.54, 1.807) is 24.3 Å². The minimum atomic E-state index is -0.457. The number of ether oxygens (including phenoxy) is 1. The van der Waals surface area contributed by atoms with Crippen LogP contribution in [0.4, 0.5) is 10.8 Å². The summed E-state index contributed by atoms with van der Waals surface area (Å²) in [5, 5.41) is 22.2. The minimum absolute atomic E-state index is 0.00264. The molecule has 30 heavy (non-hydrogen) atoms. The number of aromatic nitrogens is 1. The lowest BCUT2D eigenvalue weighted by Gasteiger charge is -2.12. The Morgan fingerprint density at radius 3 is 2.30 bits per heavy atom. The summed E-state index contributed by atoms with van der Waals surface area (Å²) in [5.41, 5.74) is 9.79. The maximum Gasteiger partial charge on any atom is 0.269 e. The molecule has 8 heteroatoms. The molecule has 2 N–H and O–H groups in total. The highest BCUT2D eigenvalue weighted by molar-refractivity contribution is 7.13. The van der Waals surface area contributed by atoms with Gasteiger partial charge in [0.2, 0.25) is 0 Å². The van der Waals surface area contributed by atoms with Gasteiger partial charge >= 0.3 is 0 Å². The average molecular weight is 414 g/mol. The Balaban J connectivity index is 1.73. The molecular weight excluding hydrogens is 400 g/mol. The molecule has 0 aliphatic rings.